The van der Waals surface area contributed by atoms with Gasteiger partial charge in [0.25, 0.3) is 0 Å². The van der Waals surface area contributed by atoms with Crippen LogP contribution in [0.3, 0.4) is 0 Å². The quantitative estimate of drug-likeness (QED) is 0.355. The Balaban J connectivity index is 1.30. The molecule has 0 amide bonds. The number of benzene rings is 2. The highest BCUT2D eigenvalue weighted by molar-refractivity contribution is 5.85. The predicted octanol–water partition coefficient (Wildman–Crippen LogP) is 6.11. The van der Waals surface area contributed by atoms with Crippen LogP contribution in [0.2, 0.25) is 0 Å². The number of nitrogens with zero attached hydrogens (tertiary/aromatic N) is 2. The Hall–Kier alpha value is -2.65. The van der Waals surface area contributed by atoms with Crippen molar-refractivity contribution in [3.63, 3.8) is 0 Å². The van der Waals surface area contributed by atoms with E-state index >= 15 is 8.78 Å². The van der Waals surface area contributed by atoms with Crippen LogP contribution in [0.1, 0.15) is 42.6 Å². The lowest BCUT2D eigenvalue weighted by molar-refractivity contribution is -0.120. The fourth-order valence-corrected chi connectivity index (χ4v) is 6.47. The highest BCUT2D eigenvalue weighted by Crippen LogP contribution is 2.47. The number of H-pyrrole nitrogens is 1. The van der Waals surface area contributed by atoms with Crippen LogP contribution in [-0.2, 0) is 6.42 Å². The van der Waals surface area contributed by atoms with E-state index in [1.807, 2.05) is 41.0 Å². The maximum absolute atomic E-state index is 15.7. The summed E-state index contributed by atoms with van der Waals surface area (Å²) in [4.78, 5) is 7.40. The van der Waals surface area contributed by atoms with Crippen molar-refractivity contribution in [2.24, 2.45) is 11.8 Å². The number of halogens is 5. The summed E-state index contributed by atoms with van der Waals surface area (Å²) in [6.45, 7) is 4.11. The molecule has 2 fully saturated rings. The Morgan fingerprint density at radius 1 is 1.05 bits per heavy atom. The zero-order chi connectivity index (χ0) is 26.6. The van der Waals surface area contributed by atoms with Crippen molar-refractivity contribution < 1.29 is 26.7 Å². The van der Waals surface area contributed by atoms with Gasteiger partial charge in [-0.3, -0.25) is 14.2 Å². The van der Waals surface area contributed by atoms with Crippen LogP contribution < -0.4 is 4.74 Å². The summed E-state index contributed by atoms with van der Waals surface area (Å²) in [5, 5.41) is 1.01. The van der Waals surface area contributed by atoms with E-state index in [1.165, 1.54) is 12.1 Å². The van der Waals surface area contributed by atoms with Gasteiger partial charge in [-0.1, -0.05) is 18.2 Å². The second-order valence-corrected chi connectivity index (χ2v) is 11.3. The molecule has 1 aliphatic carbocycles. The standard InChI is InChI=1S/C29H32F5N3O/c1-17-8-22-21-4-2-3-5-25(21)35-27(22)28(37(17)16-18-11-29(33,34)12-18)26-23(31)9-20(10-24(26)32)38-7-6-36-14-19(13-30)15-36/h2-5,9-10,17-19,28,35H,6-8,11-16H2,1H3/t17-,28-/m1/s1. The van der Waals surface area contributed by atoms with Crippen LogP contribution in [0.5, 0.6) is 5.75 Å². The highest BCUT2D eigenvalue weighted by atomic mass is 19.3. The van der Waals surface area contributed by atoms with Crippen molar-refractivity contribution in [2.75, 3.05) is 39.5 Å². The number of nitrogens with one attached hydrogen (secondary N) is 1. The molecule has 2 aliphatic heterocycles. The van der Waals surface area contributed by atoms with E-state index in [2.05, 4.69) is 4.98 Å². The fourth-order valence-electron chi connectivity index (χ4n) is 6.47. The molecule has 2 atom stereocenters. The molecule has 2 aromatic carbocycles. The van der Waals surface area contributed by atoms with E-state index in [-0.39, 0.29) is 55.3 Å². The van der Waals surface area contributed by atoms with Crippen LogP contribution in [0.4, 0.5) is 22.0 Å². The monoisotopic (exact) mass is 533 g/mol. The van der Waals surface area contributed by atoms with Crippen molar-refractivity contribution in [3.05, 3.63) is 64.9 Å². The normalized spacial score (nSPS) is 24.3. The third kappa shape index (κ3) is 4.68. The topological polar surface area (TPSA) is 31.5 Å². The zero-order valence-electron chi connectivity index (χ0n) is 21.3. The molecular formula is C29H32F5N3O. The predicted molar refractivity (Wildman–Crippen MR) is 135 cm³/mol. The number of ether oxygens (including phenoxy) is 1. The molecule has 204 valence electrons. The SMILES string of the molecule is C[C@@H]1Cc2c([nH]c3ccccc23)[C@@H](c2c(F)cc(OCCN3CC(CF)C3)cc2F)N1CC1CC(F)(F)C1. The number of alkyl halides is 3. The first-order valence-corrected chi connectivity index (χ1v) is 13.4. The van der Waals surface area contributed by atoms with Crippen molar-refractivity contribution in [1.29, 1.82) is 0 Å². The summed E-state index contributed by atoms with van der Waals surface area (Å²) in [6, 6.07) is 9.31. The fraction of sp³-hybridized carbons (Fsp3) is 0.517. The van der Waals surface area contributed by atoms with Gasteiger partial charge in [0.1, 0.15) is 24.0 Å². The van der Waals surface area contributed by atoms with Gasteiger partial charge in [-0.05, 0) is 30.9 Å². The molecule has 1 aromatic heterocycles. The number of hydrogen-bond donors (Lipinski definition) is 1. The van der Waals surface area contributed by atoms with Gasteiger partial charge < -0.3 is 9.72 Å². The molecule has 3 aliphatic rings. The second kappa shape index (κ2) is 9.83. The molecule has 9 heteroatoms. The molecule has 1 N–H and O–H groups in total. The molecule has 0 bridgehead atoms. The van der Waals surface area contributed by atoms with Crippen molar-refractivity contribution in [2.45, 2.75) is 44.2 Å². The molecule has 0 unspecified atom stereocenters. The van der Waals surface area contributed by atoms with Crippen molar-refractivity contribution >= 4 is 10.9 Å². The lowest BCUT2D eigenvalue weighted by Crippen LogP contribution is -2.49. The van der Waals surface area contributed by atoms with Crippen molar-refractivity contribution in [3.8, 4) is 5.75 Å². The van der Waals surface area contributed by atoms with E-state index in [9.17, 15) is 13.2 Å². The average Bonchev–Trinajstić information content (AvgIpc) is 3.18. The molecule has 0 spiro atoms. The molecule has 4 nitrogen and oxygen atoms in total. The molecule has 3 heterocycles. The maximum atomic E-state index is 15.7. The van der Waals surface area contributed by atoms with E-state index in [0.717, 1.165) is 16.5 Å². The summed E-state index contributed by atoms with van der Waals surface area (Å²) >= 11 is 0. The minimum absolute atomic E-state index is 0.0608. The Kier molecular flexibility index (Phi) is 6.63. The molecule has 38 heavy (non-hydrogen) atoms. The largest absolute Gasteiger partial charge is 0.492 e. The number of aromatic amines is 1. The zero-order valence-corrected chi connectivity index (χ0v) is 21.3. The summed E-state index contributed by atoms with van der Waals surface area (Å²) in [7, 11) is 0. The summed E-state index contributed by atoms with van der Waals surface area (Å²) < 4.78 is 77.0. The molecule has 1 saturated carbocycles. The van der Waals surface area contributed by atoms with E-state index in [4.69, 9.17) is 4.74 Å². The summed E-state index contributed by atoms with van der Waals surface area (Å²) in [5.74, 6) is -4.19. The Morgan fingerprint density at radius 2 is 1.76 bits per heavy atom. The van der Waals surface area contributed by atoms with Gasteiger partial charge >= 0.3 is 0 Å². The van der Waals surface area contributed by atoms with Crippen LogP contribution in [-0.4, -0.2) is 66.2 Å². The van der Waals surface area contributed by atoms with Gasteiger partial charge in [0.2, 0.25) is 5.92 Å². The smallest absolute Gasteiger partial charge is 0.248 e. The Morgan fingerprint density at radius 3 is 2.45 bits per heavy atom. The third-order valence-corrected chi connectivity index (χ3v) is 8.41. The Labute approximate surface area is 218 Å². The van der Waals surface area contributed by atoms with Gasteiger partial charge in [0.15, 0.2) is 0 Å². The number of likely N-dealkylation sites (tertiary alicyclic amines) is 1. The van der Waals surface area contributed by atoms with Crippen LogP contribution >= 0.6 is 0 Å². The summed E-state index contributed by atoms with van der Waals surface area (Å²) in [5.41, 5.74) is 2.50. The van der Waals surface area contributed by atoms with Crippen LogP contribution in [0, 0.1) is 23.5 Å². The first kappa shape index (κ1) is 25.6. The lowest BCUT2D eigenvalue weighted by atomic mass is 9.79. The van der Waals surface area contributed by atoms with E-state index in [0.29, 0.717) is 38.3 Å². The first-order valence-electron chi connectivity index (χ1n) is 13.4. The summed E-state index contributed by atoms with van der Waals surface area (Å²) in [6.07, 6.45) is 0.246. The molecule has 6 rings (SSSR count). The molecule has 3 aromatic rings. The molecular weight excluding hydrogens is 501 g/mol. The van der Waals surface area contributed by atoms with E-state index in [1.54, 1.807) is 0 Å². The maximum Gasteiger partial charge on any atom is 0.248 e. The van der Waals surface area contributed by atoms with E-state index < -0.39 is 23.6 Å². The number of para-hydroxylation sites is 1. The Bertz CT molecular complexity index is 1290. The van der Waals surface area contributed by atoms with Crippen LogP contribution in [0.25, 0.3) is 10.9 Å². The minimum Gasteiger partial charge on any atom is -0.492 e. The van der Waals surface area contributed by atoms with Crippen molar-refractivity contribution in [1.82, 2.24) is 14.8 Å². The number of aromatic nitrogens is 1. The number of hydrogen-bond acceptors (Lipinski definition) is 3. The number of rotatable bonds is 8. The molecule has 0 radical (unpaired) electrons. The highest BCUT2D eigenvalue weighted by Gasteiger charge is 2.48. The van der Waals surface area contributed by atoms with Gasteiger partial charge in [-0.15, -0.1) is 0 Å². The lowest BCUT2D eigenvalue weighted by Gasteiger charge is -2.46. The van der Waals surface area contributed by atoms with Gasteiger partial charge in [0, 0.05) is 85.3 Å². The molecule has 1 saturated heterocycles. The second-order valence-electron chi connectivity index (χ2n) is 11.3. The number of fused-ring (bicyclic) bond motifs is 3. The van der Waals surface area contributed by atoms with Gasteiger partial charge in [0.05, 0.1) is 12.7 Å². The van der Waals surface area contributed by atoms with Crippen LogP contribution in [0.15, 0.2) is 36.4 Å². The average molecular weight is 534 g/mol. The van der Waals surface area contributed by atoms with Gasteiger partial charge in [-0.2, -0.15) is 0 Å². The first-order chi connectivity index (χ1) is 18.2. The van der Waals surface area contributed by atoms with Gasteiger partial charge in [-0.25, -0.2) is 17.6 Å². The minimum atomic E-state index is -2.66. The third-order valence-electron chi connectivity index (χ3n) is 8.41.